The summed E-state index contributed by atoms with van der Waals surface area (Å²) in [5.41, 5.74) is 0.672. The summed E-state index contributed by atoms with van der Waals surface area (Å²) in [4.78, 5) is 11.9. The third-order valence-corrected chi connectivity index (χ3v) is 3.93. The minimum atomic E-state index is -0.764. The lowest BCUT2D eigenvalue weighted by Crippen LogP contribution is -2.35. The molecule has 0 amide bonds. The van der Waals surface area contributed by atoms with Gasteiger partial charge in [0.15, 0.2) is 17.9 Å². The van der Waals surface area contributed by atoms with Gasteiger partial charge in [0.1, 0.15) is 18.3 Å². The molecule has 3 aliphatic rings. The molecule has 0 bridgehead atoms. The van der Waals surface area contributed by atoms with E-state index >= 15 is 0 Å². The van der Waals surface area contributed by atoms with Crippen molar-refractivity contribution in [3.8, 4) is 0 Å². The molecule has 3 rings (SSSR count). The summed E-state index contributed by atoms with van der Waals surface area (Å²) >= 11 is 0. The molecule has 3 fully saturated rings. The van der Waals surface area contributed by atoms with Crippen LogP contribution >= 0.6 is 0 Å². The average Bonchev–Trinajstić information content (AvgIpc) is 3.01. The highest BCUT2D eigenvalue weighted by Gasteiger charge is 2.55. The molecule has 23 heavy (non-hydrogen) atoms. The van der Waals surface area contributed by atoms with Gasteiger partial charge in [-0.3, -0.25) is 0 Å². The van der Waals surface area contributed by atoms with Crippen LogP contribution in [0.1, 0.15) is 34.6 Å². The molecule has 0 aromatic rings. The number of hydrogen-bond donors (Lipinski definition) is 0. The van der Waals surface area contributed by atoms with E-state index < -0.39 is 36.0 Å². The highest BCUT2D eigenvalue weighted by molar-refractivity contribution is 5.83. The Bertz CT molecular complexity index is 511. The standard InChI is InChI=1S/C16H24O7/c1-6-18-11(17)7-9-12(10-8-19-15(2,3)21-10)20-14-13(9)22-16(4,5)23-14/h7,10,12-14H,6,8H2,1-5H3/t10-,12-,13-,14-/m1/s1. The molecule has 0 radical (unpaired) electrons. The number of rotatable bonds is 3. The summed E-state index contributed by atoms with van der Waals surface area (Å²) in [5, 5.41) is 0. The second-order valence-corrected chi connectivity index (χ2v) is 6.74. The molecule has 0 saturated carbocycles. The van der Waals surface area contributed by atoms with Gasteiger partial charge in [0, 0.05) is 11.6 Å². The number of hydrogen-bond acceptors (Lipinski definition) is 7. The Labute approximate surface area is 135 Å². The topological polar surface area (TPSA) is 72.5 Å². The molecular formula is C16H24O7. The number of esters is 1. The maximum Gasteiger partial charge on any atom is 0.330 e. The van der Waals surface area contributed by atoms with Crippen molar-refractivity contribution in [2.75, 3.05) is 13.2 Å². The van der Waals surface area contributed by atoms with Gasteiger partial charge >= 0.3 is 5.97 Å². The zero-order valence-corrected chi connectivity index (χ0v) is 14.2. The van der Waals surface area contributed by atoms with E-state index in [4.69, 9.17) is 28.4 Å². The van der Waals surface area contributed by atoms with Crippen molar-refractivity contribution in [3.63, 3.8) is 0 Å². The summed E-state index contributed by atoms with van der Waals surface area (Å²) in [6.45, 7) is 9.74. The van der Waals surface area contributed by atoms with E-state index in [9.17, 15) is 4.79 Å². The van der Waals surface area contributed by atoms with Crippen LogP contribution in [-0.2, 0) is 33.2 Å². The van der Waals surface area contributed by atoms with Gasteiger partial charge in [-0.05, 0) is 34.6 Å². The van der Waals surface area contributed by atoms with Crippen LogP contribution < -0.4 is 0 Å². The summed E-state index contributed by atoms with van der Waals surface area (Å²) in [7, 11) is 0. The Morgan fingerprint density at radius 1 is 1.17 bits per heavy atom. The van der Waals surface area contributed by atoms with Gasteiger partial charge < -0.3 is 28.4 Å². The normalized spacial score (nSPS) is 39.6. The lowest BCUT2D eigenvalue weighted by atomic mass is 10.0. The fourth-order valence-corrected chi connectivity index (χ4v) is 3.09. The summed E-state index contributed by atoms with van der Waals surface area (Å²) < 4.78 is 34.1. The molecule has 3 heterocycles. The number of ether oxygens (including phenoxy) is 6. The van der Waals surface area contributed by atoms with Gasteiger partial charge in [-0.2, -0.15) is 0 Å². The molecule has 0 aliphatic carbocycles. The van der Waals surface area contributed by atoms with Crippen molar-refractivity contribution < 1.29 is 33.2 Å². The Hall–Kier alpha value is -0.990. The predicted octanol–water partition coefficient (Wildman–Crippen LogP) is 1.50. The van der Waals surface area contributed by atoms with Crippen molar-refractivity contribution in [2.24, 2.45) is 0 Å². The lowest BCUT2D eigenvalue weighted by molar-refractivity contribution is -0.215. The zero-order valence-electron chi connectivity index (χ0n) is 14.2. The Morgan fingerprint density at radius 2 is 1.91 bits per heavy atom. The van der Waals surface area contributed by atoms with Crippen LogP contribution in [0.3, 0.4) is 0 Å². The molecule has 4 atom stereocenters. The molecule has 3 saturated heterocycles. The molecule has 130 valence electrons. The average molecular weight is 328 g/mol. The van der Waals surface area contributed by atoms with Crippen molar-refractivity contribution in [3.05, 3.63) is 11.6 Å². The van der Waals surface area contributed by atoms with E-state index in [-0.39, 0.29) is 6.10 Å². The van der Waals surface area contributed by atoms with E-state index in [0.717, 1.165) is 0 Å². The predicted molar refractivity (Wildman–Crippen MR) is 78.3 cm³/mol. The van der Waals surface area contributed by atoms with Crippen LogP contribution in [0.25, 0.3) is 0 Å². The highest BCUT2D eigenvalue weighted by atomic mass is 16.8. The van der Waals surface area contributed by atoms with Crippen molar-refractivity contribution >= 4 is 5.97 Å². The highest BCUT2D eigenvalue weighted by Crippen LogP contribution is 2.43. The van der Waals surface area contributed by atoms with Crippen molar-refractivity contribution in [1.29, 1.82) is 0 Å². The minimum Gasteiger partial charge on any atom is -0.463 e. The molecule has 7 nitrogen and oxygen atoms in total. The molecule has 3 aliphatic heterocycles. The van der Waals surface area contributed by atoms with Gasteiger partial charge in [-0.25, -0.2) is 4.79 Å². The van der Waals surface area contributed by atoms with E-state index in [2.05, 4.69) is 0 Å². The first kappa shape index (κ1) is 16.9. The van der Waals surface area contributed by atoms with E-state index in [1.54, 1.807) is 6.92 Å². The molecule has 0 spiro atoms. The van der Waals surface area contributed by atoms with Crippen LogP contribution in [0.2, 0.25) is 0 Å². The number of carbonyl (C=O) groups excluding carboxylic acids is 1. The third kappa shape index (κ3) is 3.44. The minimum absolute atomic E-state index is 0.307. The van der Waals surface area contributed by atoms with E-state index in [0.29, 0.717) is 18.8 Å². The van der Waals surface area contributed by atoms with Crippen LogP contribution in [-0.4, -0.2) is 55.4 Å². The maximum absolute atomic E-state index is 11.9. The summed E-state index contributed by atoms with van der Waals surface area (Å²) in [5.74, 6) is -1.87. The third-order valence-electron chi connectivity index (χ3n) is 3.93. The molecular weight excluding hydrogens is 304 g/mol. The lowest BCUT2D eigenvalue weighted by Gasteiger charge is -2.25. The Kier molecular flexibility index (Phi) is 4.27. The van der Waals surface area contributed by atoms with E-state index in [1.165, 1.54) is 6.08 Å². The van der Waals surface area contributed by atoms with Crippen molar-refractivity contribution in [2.45, 2.75) is 70.8 Å². The number of carbonyl (C=O) groups is 1. The van der Waals surface area contributed by atoms with Crippen LogP contribution in [0, 0.1) is 0 Å². The molecule has 0 unspecified atom stereocenters. The maximum atomic E-state index is 11.9. The second-order valence-electron chi connectivity index (χ2n) is 6.74. The SMILES string of the molecule is CCOC(=O)C=C1[C@H]2OC(C)(C)O[C@H]2O[C@H]1[C@H]1COC(C)(C)O1. The van der Waals surface area contributed by atoms with Gasteiger partial charge in [-0.1, -0.05) is 0 Å². The summed E-state index contributed by atoms with van der Waals surface area (Å²) in [6.07, 6.45) is -0.383. The smallest absolute Gasteiger partial charge is 0.330 e. The van der Waals surface area contributed by atoms with E-state index in [1.807, 2.05) is 27.7 Å². The fourth-order valence-electron chi connectivity index (χ4n) is 3.09. The fraction of sp³-hybridized carbons (Fsp3) is 0.812. The molecule has 0 aromatic heterocycles. The van der Waals surface area contributed by atoms with Crippen LogP contribution in [0.5, 0.6) is 0 Å². The Balaban J connectivity index is 1.83. The zero-order chi connectivity index (χ0) is 16.8. The first-order valence-electron chi connectivity index (χ1n) is 7.92. The largest absolute Gasteiger partial charge is 0.463 e. The number of fused-ring (bicyclic) bond motifs is 1. The molecule has 7 heteroatoms. The van der Waals surface area contributed by atoms with Gasteiger partial charge in [0.2, 0.25) is 0 Å². The van der Waals surface area contributed by atoms with Crippen LogP contribution in [0.15, 0.2) is 11.6 Å². The monoisotopic (exact) mass is 328 g/mol. The molecule has 0 N–H and O–H groups in total. The first-order valence-corrected chi connectivity index (χ1v) is 7.92. The van der Waals surface area contributed by atoms with Gasteiger partial charge in [-0.15, -0.1) is 0 Å². The van der Waals surface area contributed by atoms with Gasteiger partial charge in [0.05, 0.1) is 13.2 Å². The Morgan fingerprint density at radius 3 is 2.52 bits per heavy atom. The van der Waals surface area contributed by atoms with Gasteiger partial charge in [0.25, 0.3) is 0 Å². The quantitative estimate of drug-likeness (QED) is 0.574. The first-order chi connectivity index (χ1) is 10.7. The molecule has 0 aromatic carbocycles. The van der Waals surface area contributed by atoms with Crippen LogP contribution in [0.4, 0.5) is 0 Å². The van der Waals surface area contributed by atoms with Crippen molar-refractivity contribution in [1.82, 2.24) is 0 Å². The summed E-state index contributed by atoms with van der Waals surface area (Å²) in [6, 6.07) is 0. The second kappa shape index (κ2) is 5.82.